The minimum Gasteiger partial charge on any atom is -0.466 e. The third-order valence-corrected chi connectivity index (χ3v) is 15.8. The van der Waals surface area contributed by atoms with Crippen LogP contribution in [0.4, 0.5) is 0 Å². The number of unbranched alkanes of at least 4 members (excludes halogenated alkanes) is 47. The molecule has 6 heteroatoms. The van der Waals surface area contributed by atoms with Gasteiger partial charge >= 0.3 is 5.97 Å². The normalized spacial score (nSPS) is 12.8. The average molecular weight is 1080 g/mol. The quantitative estimate of drug-likeness (QED) is 0.0320. The molecule has 0 saturated heterocycles. The highest BCUT2D eigenvalue weighted by Gasteiger charge is 2.18. The lowest BCUT2D eigenvalue weighted by molar-refractivity contribution is -0.143. The Morgan fingerprint density at radius 3 is 1.00 bits per heavy atom. The van der Waals surface area contributed by atoms with E-state index in [4.69, 9.17) is 4.74 Å². The highest BCUT2D eigenvalue weighted by molar-refractivity contribution is 5.76. The zero-order valence-electron chi connectivity index (χ0n) is 51.7. The fraction of sp³-hybridized carbons (Fsp3) is 0.859. The van der Waals surface area contributed by atoms with Crippen LogP contribution in [0.2, 0.25) is 0 Å². The highest BCUT2D eigenvalue weighted by Crippen LogP contribution is 2.17. The molecule has 77 heavy (non-hydrogen) atoms. The predicted molar refractivity (Wildman–Crippen MR) is 338 cm³/mol. The Morgan fingerprint density at radius 2 is 0.649 bits per heavy atom. The molecule has 0 aliphatic rings. The Labute approximate surface area is 480 Å². The molecule has 0 spiro atoms. The first kappa shape index (κ1) is 74.8. The van der Waals surface area contributed by atoms with Crippen molar-refractivity contribution in [2.24, 2.45) is 0 Å². The summed E-state index contributed by atoms with van der Waals surface area (Å²) in [5.74, 6) is -0.0664. The number of ether oxygens (including phenoxy) is 1. The van der Waals surface area contributed by atoms with Gasteiger partial charge in [-0.25, -0.2) is 0 Å². The average Bonchev–Trinajstić information content (AvgIpc) is 3.43. The van der Waals surface area contributed by atoms with Gasteiger partial charge in [-0.3, -0.25) is 9.59 Å². The van der Waals surface area contributed by atoms with Crippen molar-refractivity contribution in [3.05, 3.63) is 48.6 Å². The fourth-order valence-corrected chi connectivity index (χ4v) is 10.5. The molecule has 0 bridgehead atoms. The van der Waals surface area contributed by atoms with Gasteiger partial charge in [0.2, 0.25) is 5.91 Å². The number of esters is 1. The summed E-state index contributed by atoms with van der Waals surface area (Å²) in [4.78, 5) is 24.6. The number of hydrogen-bond donors (Lipinski definition) is 3. The second-order valence-corrected chi connectivity index (χ2v) is 23.5. The van der Waals surface area contributed by atoms with Gasteiger partial charge in [0.1, 0.15) is 0 Å². The standard InChI is InChI=1S/C71H133NO5/c1-3-5-7-9-11-13-15-17-19-32-35-39-43-47-51-55-59-63-69(74)68(67-73)72-70(75)64-60-56-52-48-44-40-36-33-30-28-26-24-22-21-23-25-27-29-31-34-38-42-46-50-54-58-62-66-77-71(76)65-61-57-53-49-45-41-37-20-18-16-14-12-10-8-6-4-2/h20-22,25,27,37,59,63,68-69,73-74H,3-19,23-24,26,28-36,38-58,60-62,64-67H2,1-2H3,(H,72,75)/b22-21-,27-25-,37-20-,63-59+. The maximum Gasteiger partial charge on any atom is 0.305 e. The number of hydrogen-bond acceptors (Lipinski definition) is 5. The van der Waals surface area contributed by atoms with Crippen LogP contribution in [0.5, 0.6) is 0 Å². The maximum atomic E-state index is 12.5. The lowest BCUT2D eigenvalue weighted by atomic mass is 10.0. The molecule has 452 valence electrons. The van der Waals surface area contributed by atoms with Gasteiger partial charge < -0.3 is 20.3 Å². The van der Waals surface area contributed by atoms with E-state index in [1.165, 1.54) is 289 Å². The van der Waals surface area contributed by atoms with Crippen LogP contribution in [0.1, 0.15) is 367 Å². The van der Waals surface area contributed by atoms with Crippen molar-refractivity contribution in [2.45, 2.75) is 379 Å². The Kier molecular flexibility index (Phi) is 64.5. The van der Waals surface area contributed by atoms with Gasteiger partial charge in [0, 0.05) is 12.8 Å². The molecule has 6 nitrogen and oxygen atoms in total. The molecule has 0 aliphatic heterocycles. The molecule has 0 aliphatic carbocycles. The molecule has 0 radical (unpaired) electrons. The van der Waals surface area contributed by atoms with Gasteiger partial charge in [0.15, 0.2) is 0 Å². The van der Waals surface area contributed by atoms with Crippen molar-refractivity contribution in [1.29, 1.82) is 0 Å². The van der Waals surface area contributed by atoms with Crippen LogP contribution >= 0.6 is 0 Å². The Bertz CT molecular complexity index is 1290. The molecule has 0 heterocycles. The van der Waals surface area contributed by atoms with E-state index in [0.717, 1.165) is 51.4 Å². The zero-order chi connectivity index (χ0) is 55.7. The number of carbonyl (C=O) groups is 2. The Morgan fingerprint density at radius 1 is 0.364 bits per heavy atom. The smallest absolute Gasteiger partial charge is 0.305 e. The molecule has 2 unspecified atom stereocenters. The first-order valence-electron chi connectivity index (χ1n) is 34.4. The van der Waals surface area contributed by atoms with E-state index >= 15 is 0 Å². The van der Waals surface area contributed by atoms with Crippen LogP contribution in [0.3, 0.4) is 0 Å². The van der Waals surface area contributed by atoms with Crippen molar-refractivity contribution < 1.29 is 24.5 Å². The number of amides is 1. The number of allylic oxidation sites excluding steroid dienone is 7. The van der Waals surface area contributed by atoms with E-state index < -0.39 is 12.1 Å². The summed E-state index contributed by atoms with van der Waals surface area (Å²) in [6.45, 7) is 4.92. The summed E-state index contributed by atoms with van der Waals surface area (Å²) >= 11 is 0. The lowest BCUT2D eigenvalue weighted by Crippen LogP contribution is -2.45. The monoisotopic (exact) mass is 1080 g/mol. The molecule has 3 N–H and O–H groups in total. The van der Waals surface area contributed by atoms with Crippen molar-refractivity contribution in [3.63, 3.8) is 0 Å². The summed E-state index contributed by atoms with van der Waals surface area (Å²) in [7, 11) is 0. The largest absolute Gasteiger partial charge is 0.466 e. The fourth-order valence-electron chi connectivity index (χ4n) is 10.5. The molecular formula is C71H133NO5. The third kappa shape index (κ3) is 62.9. The van der Waals surface area contributed by atoms with Crippen molar-refractivity contribution in [1.82, 2.24) is 5.32 Å². The van der Waals surface area contributed by atoms with E-state index in [2.05, 4.69) is 55.6 Å². The van der Waals surface area contributed by atoms with E-state index in [9.17, 15) is 19.8 Å². The number of rotatable bonds is 64. The first-order valence-corrected chi connectivity index (χ1v) is 34.4. The second-order valence-electron chi connectivity index (χ2n) is 23.5. The van der Waals surface area contributed by atoms with Gasteiger partial charge in [0.05, 0.1) is 25.4 Å². The summed E-state index contributed by atoms with van der Waals surface area (Å²) in [5.41, 5.74) is 0. The van der Waals surface area contributed by atoms with Crippen LogP contribution < -0.4 is 5.32 Å². The van der Waals surface area contributed by atoms with Gasteiger partial charge in [-0.2, -0.15) is 0 Å². The Hall–Kier alpha value is -2.18. The summed E-state index contributed by atoms with van der Waals surface area (Å²) in [6.07, 6.45) is 86.0. The summed E-state index contributed by atoms with van der Waals surface area (Å²) < 4.78 is 5.49. The molecule has 0 fully saturated rings. The van der Waals surface area contributed by atoms with Crippen molar-refractivity contribution in [2.75, 3.05) is 13.2 Å². The Balaban J connectivity index is 3.44. The number of nitrogens with one attached hydrogen (secondary N) is 1. The zero-order valence-corrected chi connectivity index (χ0v) is 51.7. The van der Waals surface area contributed by atoms with Crippen LogP contribution in [-0.2, 0) is 14.3 Å². The van der Waals surface area contributed by atoms with E-state index in [1.54, 1.807) is 6.08 Å². The van der Waals surface area contributed by atoms with Crippen LogP contribution in [-0.4, -0.2) is 47.4 Å². The molecule has 0 aromatic carbocycles. The molecule has 2 atom stereocenters. The lowest BCUT2D eigenvalue weighted by Gasteiger charge is -2.20. The van der Waals surface area contributed by atoms with Crippen molar-refractivity contribution in [3.8, 4) is 0 Å². The second kappa shape index (κ2) is 66.3. The molecule has 0 saturated carbocycles. The van der Waals surface area contributed by atoms with E-state index in [0.29, 0.717) is 19.4 Å². The van der Waals surface area contributed by atoms with Crippen molar-refractivity contribution >= 4 is 11.9 Å². The number of carbonyl (C=O) groups excluding carboxylic acids is 2. The van der Waals surface area contributed by atoms with Gasteiger partial charge in [0.25, 0.3) is 0 Å². The highest BCUT2D eigenvalue weighted by atomic mass is 16.5. The van der Waals surface area contributed by atoms with Gasteiger partial charge in [-0.1, -0.05) is 313 Å². The van der Waals surface area contributed by atoms with Gasteiger partial charge in [-0.05, 0) is 89.9 Å². The van der Waals surface area contributed by atoms with Crippen LogP contribution in [0, 0.1) is 0 Å². The number of aliphatic hydroxyl groups is 2. The summed E-state index contributed by atoms with van der Waals surface area (Å²) in [5, 5.41) is 23.2. The minimum atomic E-state index is -0.848. The van der Waals surface area contributed by atoms with Gasteiger partial charge in [-0.15, -0.1) is 0 Å². The molecule has 0 aromatic heterocycles. The SMILES string of the molecule is CCCCCCCCC/C=C\CCCCCCCC(=O)OCCCCCCCCCCC/C=C\C/C=C\CCCCCCCCCCCCCC(=O)NC(CO)C(O)/C=C/CCCCCCCCCCCCCCCCC. The minimum absolute atomic E-state index is 0.00293. The topological polar surface area (TPSA) is 95.9 Å². The van der Waals surface area contributed by atoms with E-state index in [-0.39, 0.29) is 18.5 Å². The van der Waals surface area contributed by atoms with E-state index in [1.807, 2.05) is 6.08 Å². The summed E-state index contributed by atoms with van der Waals surface area (Å²) in [6, 6.07) is -0.631. The van der Waals surface area contributed by atoms with Crippen LogP contribution in [0.15, 0.2) is 48.6 Å². The van der Waals surface area contributed by atoms with Crippen LogP contribution in [0.25, 0.3) is 0 Å². The molecular weight excluding hydrogens is 947 g/mol. The number of aliphatic hydroxyl groups excluding tert-OH is 2. The predicted octanol–water partition coefficient (Wildman–Crippen LogP) is 22.1. The molecule has 0 aromatic rings. The maximum absolute atomic E-state index is 12.5. The third-order valence-electron chi connectivity index (χ3n) is 15.8. The molecule has 1 amide bonds. The molecule has 0 rings (SSSR count). The first-order chi connectivity index (χ1) is 38.0.